The number of rotatable bonds is 6. The van der Waals surface area contributed by atoms with Crippen LogP contribution >= 0.6 is 11.3 Å². The number of anilines is 3. The third kappa shape index (κ3) is 4.95. The Morgan fingerprint density at radius 3 is 1.85 bits per heavy atom. The van der Waals surface area contributed by atoms with E-state index >= 15 is 0 Å². The van der Waals surface area contributed by atoms with Gasteiger partial charge in [-0.05, 0) is 75.0 Å². The van der Waals surface area contributed by atoms with Gasteiger partial charge in [-0.1, -0.05) is 152 Å². The average molecular weight is 630 g/mol. The van der Waals surface area contributed by atoms with Crippen molar-refractivity contribution in [1.29, 1.82) is 0 Å². The van der Waals surface area contributed by atoms with Gasteiger partial charge in [0.1, 0.15) is 0 Å². The number of hydrogen-bond donors (Lipinski definition) is 0. The van der Waals surface area contributed by atoms with Crippen LogP contribution in [-0.4, -0.2) is 0 Å². The monoisotopic (exact) mass is 629 g/mol. The fourth-order valence-corrected chi connectivity index (χ4v) is 8.24. The summed E-state index contributed by atoms with van der Waals surface area (Å²) in [5, 5.41) is 5.12. The van der Waals surface area contributed by atoms with Gasteiger partial charge < -0.3 is 4.90 Å². The van der Waals surface area contributed by atoms with Crippen LogP contribution in [0.3, 0.4) is 0 Å². The standard InChI is InChI=1S/C46H31NS/c1-2-13-32(14-3-1)33-27-29-36(30-28-33)47(44-25-8-6-20-41(44)40-23-11-16-34-15-4-5-19-38(34)40)37-18-10-17-35(31-37)39-22-12-24-43-42-21-7-9-26-45(42)48-46(39)43/h1-31H. The van der Waals surface area contributed by atoms with Gasteiger partial charge in [-0.3, -0.25) is 0 Å². The Kier molecular flexibility index (Phi) is 7.07. The minimum Gasteiger partial charge on any atom is -0.310 e. The largest absolute Gasteiger partial charge is 0.310 e. The van der Waals surface area contributed by atoms with Gasteiger partial charge in [-0.25, -0.2) is 0 Å². The lowest BCUT2D eigenvalue weighted by Gasteiger charge is -2.29. The van der Waals surface area contributed by atoms with Crippen molar-refractivity contribution in [1.82, 2.24) is 0 Å². The van der Waals surface area contributed by atoms with Crippen LogP contribution in [0.4, 0.5) is 17.1 Å². The normalized spacial score (nSPS) is 11.3. The fraction of sp³-hybridized carbons (Fsp3) is 0. The van der Waals surface area contributed by atoms with Gasteiger partial charge in [-0.15, -0.1) is 11.3 Å². The second kappa shape index (κ2) is 12.0. The summed E-state index contributed by atoms with van der Waals surface area (Å²) in [7, 11) is 0. The highest BCUT2D eigenvalue weighted by molar-refractivity contribution is 7.26. The highest BCUT2D eigenvalue weighted by Gasteiger charge is 2.19. The quantitative estimate of drug-likeness (QED) is 0.177. The van der Waals surface area contributed by atoms with Crippen molar-refractivity contribution in [2.45, 2.75) is 0 Å². The molecule has 1 heterocycles. The summed E-state index contributed by atoms with van der Waals surface area (Å²) in [6, 6.07) is 68.1. The zero-order chi connectivity index (χ0) is 31.9. The molecular weight excluding hydrogens is 599 g/mol. The molecule has 0 aliphatic rings. The Balaban J connectivity index is 1.24. The van der Waals surface area contributed by atoms with Gasteiger partial charge in [0.05, 0.1) is 5.69 Å². The van der Waals surface area contributed by atoms with Gasteiger partial charge in [0, 0.05) is 37.1 Å². The van der Waals surface area contributed by atoms with E-state index in [0.29, 0.717) is 0 Å². The molecule has 0 spiro atoms. The molecule has 0 saturated carbocycles. The zero-order valence-corrected chi connectivity index (χ0v) is 27.1. The van der Waals surface area contributed by atoms with Crippen LogP contribution in [-0.2, 0) is 0 Å². The van der Waals surface area contributed by atoms with Gasteiger partial charge in [0.15, 0.2) is 0 Å². The molecule has 0 unspecified atom stereocenters. The molecule has 1 aromatic heterocycles. The summed E-state index contributed by atoms with van der Waals surface area (Å²) in [5.74, 6) is 0. The van der Waals surface area contributed by atoms with Gasteiger partial charge >= 0.3 is 0 Å². The van der Waals surface area contributed by atoms with Gasteiger partial charge in [-0.2, -0.15) is 0 Å². The van der Waals surface area contributed by atoms with Crippen LogP contribution in [0, 0.1) is 0 Å². The number of benzene rings is 8. The van der Waals surface area contributed by atoms with Crippen LogP contribution in [0.15, 0.2) is 188 Å². The van der Waals surface area contributed by atoms with Crippen LogP contribution < -0.4 is 4.90 Å². The maximum atomic E-state index is 2.42. The maximum absolute atomic E-state index is 2.42. The minimum atomic E-state index is 1.11. The van der Waals surface area contributed by atoms with Crippen molar-refractivity contribution in [3.05, 3.63) is 188 Å². The third-order valence-corrected chi connectivity index (χ3v) is 10.5. The number of hydrogen-bond acceptors (Lipinski definition) is 2. The summed E-state index contributed by atoms with van der Waals surface area (Å²) >= 11 is 1.88. The van der Waals surface area contributed by atoms with Crippen LogP contribution in [0.2, 0.25) is 0 Å². The summed E-state index contributed by atoms with van der Waals surface area (Å²) in [5.41, 5.74) is 10.7. The van der Waals surface area contributed by atoms with E-state index in [1.165, 1.54) is 64.3 Å². The van der Waals surface area contributed by atoms with E-state index < -0.39 is 0 Å². The molecule has 8 aromatic carbocycles. The number of para-hydroxylation sites is 1. The lowest BCUT2D eigenvalue weighted by molar-refractivity contribution is 1.28. The SMILES string of the molecule is c1ccc(-c2ccc(N(c3cccc(-c4cccc5c4sc4ccccc45)c3)c3ccccc3-c3cccc4ccccc34)cc2)cc1. The predicted molar refractivity (Wildman–Crippen MR) is 208 cm³/mol. The van der Waals surface area contributed by atoms with Gasteiger partial charge in [0.2, 0.25) is 0 Å². The highest BCUT2D eigenvalue weighted by atomic mass is 32.1. The van der Waals surface area contributed by atoms with E-state index in [1.54, 1.807) is 0 Å². The topological polar surface area (TPSA) is 3.24 Å². The average Bonchev–Trinajstić information content (AvgIpc) is 3.55. The molecule has 9 aromatic rings. The fourth-order valence-electron chi connectivity index (χ4n) is 7.00. The predicted octanol–water partition coefficient (Wildman–Crippen LogP) is 13.7. The van der Waals surface area contributed by atoms with Crippen molar-refractivity contribution in [2.75, 3.05) is 4.90 Å². The number of nitrogens with zero attached hydrogens (tertiary/aromatic N) is 1. The smallest absolute Gasteiger partial charge is 0.0540 e. The molecular formula is C46H31NS. The van der Waals surface area contributed by atoms with Crippen molar-refractivity contribution in [3.8, 4) is 33.4 Å². The molecule has 0 aliphatic carbocycles. The molecule has 0 saturated heterocycles. The van der Waals surface area contributed by atoms with Crippen LogP contribution in [0.5, 0.6) is 0 Å². The molecule has 0 amide bonds. The van der Waals surface area contributed by atoms with Crippen molar-refractivity contribution in [3.63, 3.8) is 0 Å². The van der Waals surface area contributed by atoms with E-state index in [4.69, 9.17) is 0 Å². The van der Waals surface area contributed by atoms with Crippen LogP contribution in [0.25, 0.3) is 64.3 Å². The van der Waals surface area contributed by atoms with Crippen LogP contribution in [0.1, 0.15) is 0 Å². The van der Waals surface area contributed by atoms with Gasteiger partial charge in [0.25, 0.3) is 0 Å². The molecule has 0 bridgehead atoms. The first kappa shape index (κ1) is 28.3. The lowest BCUT2D eigenvalue weighted by atomic mass is 9.95. The van der Waals surface area contributed by atoms with Crippen molar-refractivity contribution >= 4 is 59.3 Å². The molecule has 1 nitrogen and oxygen atoms in total. The first-order chi connectivity index (χ1) is 23.8. The Labute approximate surface area is 284 Å². The van der Waals surface area contributed by atoms with E-state index in [1.807, 2.05) is 11.3 Å². The first-order valence-electron chi connectivity index (χ1n) is 16.4. The molecule has 9 rings (SSSR count). The van der Waals surface area contributed by atoms with Crippen molar-refractivity contribution in [2.24, 2.45) is 0 Å². The summed E-state index contributed by atoms with van der Waals surface area (Å²) < 4.78 is 2.64. The van der Waals surface area contributed by atoms with E-state index in [0.717, 1.165) is 17.1 Å². The first-order valence-corrected chi connectivity index (χ1v) is 17.2. The minimum absolute atomic E-state index is 1.11. The molecule has 2 heteroatoms. The summed E-state index contributed by atoms with van der Waals surface area (Å²) in [6.45, 7) is 0. The molecule has 226 valence electrons. The zero-order valence-electron chi connectivity index (χ0n) is 26.3. The molecule has 0 N–H and O–H groups in total. The Morgan fingerprint density at radius 1 is 0.354 bits per heavy atom. The maximum Gasteiger partial charge on any atom is 0.0540 e. The Bertz CT molecular complexity index is 2560. The van der Waals surface area contributed by atoms with Crippen molar-refractivity contribution < 1.29 is 0 Å². The van der Waals surface area contributed by atoms with E-state index in [-0.39, 0.29) is 0 Å². The Morgan fingerprint density at radius 2 is 0.958 bits per heavy atom. The Hall–Kier alpha value is -5.96. The molecule has 48 heavy (non-hydrogen) atoms. The highest BCUT2D eigenvalue weighted by Crippen LogP contribution is 2.45. The summed E-state index contributed by atoms with van der Waals surface area (Å²) in [6.07, 6.45) is 0. The van der Waals surface area contributed by atoms with E-state index in [9.17, 15) is 0 Å². The number of thiophene rings is 1. The molecule has 0 aliphatic heterocycles. The second-order valence-corrected chi connectivity index (χ2v) is 13.2. The molecule has 0 fully saturated rings. The second-order valence-electron chi connectivity index (χ2n) is 12.1. The molecule has 0 radical (unpaired) electrons. The third-order valence-electron chi connectivity index (χ3n) is 9.28. The molecule has 0 atom stereocenters. The van der Waals surface area contributed by atoms with E-state index in [2.05, 4.69) is 193 Å². The number of fused-ring (bicyclic) bond motifs is 4. The lowest BCUT2D eigenvalue weighted by Crippen LogP contribution is -2.11. The summed E-state index contributed by atoms with van der Waals surface area (Å²) in [4.78, 5) is 2.42.